The fraction of sp³-hybridized carbons (Fsp3) is 0.682. The third-order valence-electron chi connectivity index (χ3n) is 5.89. The molecule has 2 fully saturated rings. The molecule has 3 rings (SSSR count). The van der Waals surface area contributed by atoms with E-state index in [1.165, 1.54) is 37.1 Å². The van der Waals surface area contributed by atoms with Crippen molar-refractivity contribution in [3.05, 3.63) is 35.4 Å². The minimum absolute atomic E-state index is 0.616. The minimum atomic E-state index is 0.616. The highest BCUT2D eigenvalue weighted by Gasteiger charge is 2.19. The van der Waals surface area contributed by atoms with Crippen LogP contribution in [0.4, 0.5) is 0 Å². The quantitative estimate of drug-likeness (QED) is 0.616. The summed E-state index contributed by atoms with van der Waals surface area (Å²) >= 11 is 0. The van der Waals surface area contributed by atoms with Crippen molar-refractivity contribution in [1.29, 1.82) is 0 Å². The number of nitrogens with one attached hydrogen (secondary N) is 1. The first-order chi connectivity index (χ1) is 13.1. The smallest absolute Gasteiger partial charge is 0.193 e. The second-order valence-electron chi connectivity index (χ2n) is 8.29. The number of piperidine rings is 1. The van der Waals surface area contributed by atoms with Gasteiger partial charge in [-0.05, 0) is 49.4 Å². The molecule has 2 saturated heterocycles. The molecule has 5 heteroatoms. The zero-order chi connectivity index (χ0) is 19.1. The van der Waals surface area contributed by atoms with Gasteiger partial charge in [0.05, 0.1) is 6.61 Å². The summed E-state index contributed by atoms with van der Waals surface area (Å²) in [6.07, 6.45) is 3.82. The van der Waals surface area contributed by atoms with Crippen LogP contribution in [0.3, 0.4) is 0 Å². The summed E-state index contributed by atoms with van der Waals surface area (Å²) < 4.78 is 5.48. The molecule has 1 aromatic carbocycles. The average molecular weight is 373 g/mol. The summed E-state index contributed by atoms with van der Waals surface area (Å²) in [6.45, 7) is 9.48. The maximum Gasteiger partial charge on any atom is 0.193 e. The highest BCUT2D eigenvalue weighted by atomic mass is 16.5. The van der Waals surface area contributed by atoms with Gasteiger partial charge in [-0.25, -0.2) is 0 Å². The lowest BCUT2D eigenvalue weighted by Crippen LogP contribution is -2.41. The Kier molecular flexibility index (Phi) is 7.53. The highest BCUT2D eigenvalue weighted by Crippen LogP contribution is 2.18. The molecule has 0 spiro atoms. The molecule has 0 radical (unpaired) electrons. The molecule has 2 aliphatic rings. The number of benzene rings is 1. The van der Waals surface area contributed by atoms with Crippen LogP contribution >= 0.6 is 0 Å². The molecule has 1 atom stereocenters. The van der Waals surface area contributed by atoms with E-state index in [-0.39, 0.29) is 0 Å². The molecule has 0 saturated carbocycles. The molecule has 0 aliphatic carbocycles. The number of guanidine groups is 1. The van der Waals surface area contributed by atoms with Gasteiger partial charge in [0.2, 0.25) is 0 Å². The normalized spacial score (nSPS) is 22.2. The van der Waals surface area contributed by atoms with Gasteiger partial charge in [0, 0.05) is 46.3 Å². The van der Waals surface area contributed by atoms with Crippen LogP contribution in [0.1, 0.15) is 37.3 Å². The van der Waals surface area contributed by atoms with Crippen LogP contribution in [-0.2, 0) is 17.8 Å². The van der Waals surface area contributed by atoms with E-state index in [2.05, 4.69) is 58.3 Å². The maximum absolute atomic E-state index is 5.48. The number of nitrogens with zero attached hydrogens (tertiary/aromatic N) is 3. The average Bonchev–Trinajstić information content (AvgIpc) is 3.18. The Balaban J connectivity index is 1.44. The zero-order valence-corrected chi connectivity index (χ0v) is 17.3. The molecule has 1 unspecified atom stereocenters. The van der Waals surface area contributed by atoms with Crippen molar-refractivity contribution in [2.24, 2.45) is 16.8 Å². The van der Waals surface area contributed by atoms with Crippen LogP contribution in [0.15, 0.2) is 29.3 Å². The van der Waals surface area contributed by atoms with Crippen molar-refractivity contribution in [3.63, 3.8) is 0 Å². The molecule has 0 aromatic heterocycles. The van der Waals surface area contributed by atoms with Crippen LogP contribution in [0.5, 0.6) is 0 Å². The van der Waals surface area contributed by atoms with Gasteiger partial charge in [-0.15, -0.1) is 0 Å². The molecule has 1 N–H and O–H groups in total. The SMILES string of the molecule is CN=C(NCc1ccc(CN2CCC(C)CC2)cc1)N(C)CC1CCOC1. The second kappa shape index (κ2) is 10.1. The van der Waals surface area contributed by atoms with Gasteiger partial charge in [-0.3, -0.25) is 9.89 Å². The third-order valence-corrected chi connectivity index (χ3v) is 5.89. The lowest BCUT2D eigenvalue weighted by molar-refractivity contribution is 0.181. The number of rotatable bonds is 6. The van der Waals surface area contributed by atoms with Gasteiger partial charge in [0.15, 0.2) is 5.96 Å². The van der Waals surface area contributed by atoms with Gasteiger partial charge in [-0.2, -0.15) is 0 Å². The lowest BCUT2D eigenvalue weighted by Gasteiger charge is -2.30. The van der Waals surface area contributed by atoms with Gasteiger partial charge in [-0.1, -0.05) is 31.2 Å². The lowest BCUT2D eigenvalue weighted by atomic mass is 9.99. The molecule has 0 bridgehead atoms. The summed E-state index contributed by atoms with van der Waals surface area (Å²) in [7, 11) is 3.96. The monoisotopic (exact) mass is 372 g/mol. The van der Waals surface area contributed by atoms with Crippen LogP contribution in [0, 0.1) is 11.8 Å². The minimum Gasteiger partial charge on any atom is -0.381 e. The summed E-state index contributed by atoms with van der Waals surface area (Å²) in [5.74, 6) is 2.46. The topological polar surface area (TPSA) is 40.1 Å². The van der Waals surface area contributed by atoms with Crippen molar-refractivity contribution in [3.8, 4) is 0 Å². The molecule has 150 valence electrons. The first-order valence-electron chi connectivity index (χ1n) is 10.4. The van der Waals surface area contributed by atoms with Gasteiger partial charge in [0.25, 0.3) is 0 Å². The Morgan fingerprint density at radius 3 is 2.52 bits per heavy atom. The number of ether oxygens (including phenoxy) is 1. The Labute approximate surface area is 164 Å². The van der Waals surface area contributed by atoms with Crippen molar-refractivity contribution >= 4 is 5.96 Å². The summed E-state index contributed by atoms with van der Waals surface area (Å²) in [5, 5.41) is 3.49. The van der Waals surface area contributed by atoms with Gasteiger partial charge >= 0.3 is 0 Å². The first-order valence-corrected chi connectivity index (χ1v) is 10.4. The molecule has 27 heavy (non-hydrogen) atoms. The first kappa shape index (κ1) is 20.2. The van der Waals surface area contributed by atoms with E-state index in [0.717, 1.165) is 51.1 Å². The molecular formula is C22H36N4O. The van der Waals surface area contributed by atoms with Crippen molar-refractivity contribution in [1.82, 2.24) is 15.1 Å². The van der Waals surface area contributed by atoms with E-state index in [4.69, 9.17) is 4.74 Å². The predicted octanol–water partition coefficient (Wildman–Crippen LogP) is 2.96. The Morgan fingerprint density at radius 2 is 1.89 bits per heavy atom. The molecule has 2 heterocycles. The molecule has 2 aliphatic heterocycles. The number of aliphatic imine (C=N–C) groups is 1. The standard InChI is InChI=1S/C22H36N4O/c1-18-8-11-26(12-9-18)16-20-6-4-19(5-7-20)14-24-22(23-2)25(3)15-21-10-13-27-17-21/h4-7,18,21H,8-17H2,1-3H3,(H,23,24). The largest absolute Gasteiger partial charge is 0.381 e. The fourth-order valence-electron chi connectivity index (χ4n) is 4.01. The third kappa shape index (κ3) is 6.22. The molecular weight excluding hydrogens is 336 g/mol. The van der Waals surface area contributed by atoms with Gasteiger partial charge < -0.3 is 15.0 Å². The van der Waals surface area contributed by atoms with E-state index >= 15 is 0 Å². The molecule has 0 amide bonds. The van der Waals surface area contributed by atoms with E-state index in [1.807, 2.05) is 7.05 Å². The van der Waals surface area contributed by atoms with Crippen molar-refractivity contribution < 1.29 is 4.74 Å². The van der Waals surface area contributed by atoms with Crippen LogP contribution < -0.4 is 5.32 Å². The van der Waals surface area contributed by atoms with E-state index in [9.17, 15) is 0 Å². The van der Waals surface area contributed by atoms with E-state index < -0.39 is 0 Å². The predicted molar refractivity (Wildman–Crippen MR) is 112 cm³/mol. The fourth-order valence-corrected chi connectivity index (χ4v) is 4.01. The van der Waals surface area contributed by atoms with Crippen molar-refractivity contribution in [2.45, 2.75) is 39.3 Å². The Bertz CT molecular complexity index is 587. The van der Waals surface area contributed by atoms with Crippen LogP contribution in [-0.4, -0.2) is 62.7 Å². The molecule has 5 nitrogen and oxygen atoms in total. The number of hydrogen-bond acceptors (Lipinski definition) is 3. The zero-order valence-electron chi connectivity index (χ0n) is 17.3. The molecule has 1 aromatic rings. The van der Waals surface area contributed by atoms with Crippen molar-refractivity contribution in [2.75, 3.05) is 46.9 Å². The summed E-state index contributed by atoms with van der Waals surface area (Å²) in [6, 6.07) is 9.04. The Hall–Kier alpha value is -1.59. The maximum atomic E-state index is 5.48. The highest BCUT2D eigenvalue weighted by molar-refractivity contribution is 5.79. The van der Waals surface area contributed by atoms with E-state index in [1.54, 1.807) is 0 Å². The summed E-state index contributed by atoms with van der Waals surface area (Å²) in [4.78, 5) is 9.22. The van der Waals surface area contributed by atoms with Crippen LogP contribution in [0.25, 0.3) is 0 Å². The van der Waals surface area contributed by atoms with Crippen LogP contribution in [0.2, 0.25) is 0 Å². The second-order valence-corrected chi connectivity index (χ2v) is 8.29. The van der Waals surface area contributed by atoms with E-state index in [0.29, 0.717) is 5.92 Å². The van der Waals surface area contributed by atoms with Gasteiger partial charge in [0.1, 0.15) is 0 Å². The number of hydrogen-bond donors (Lipinski definition) is 1. The summed E-state index contributed by atoms with van der Waals surface area (Å²) in [5.41, 5.74) is 2.71. The Morgan fingerprint density at radius 1 is 1.19 bits per heavy atom. The number of likely N-dealkylation sites (tertiary alicyclic amines) is 1.